The number of rotatable bonds is 12. The van der Waals surface area contributed by atoms with Gasteiger partial charge in [-0.15, -0.1) is 0 Å². The first-order valence-corrected chi connectivity index (χ1v) is 16.1. The van der Waals surface area contributed by atoms with Crippen molar-refractivity contribution in [2.75, 3.05) is 23.7 Å². The van der Waals surface area contributed by atoms with Gasteiger partial charge in [-0.05, 0) is 34.6 Å². The normalized spacial score (nSPS) is 12.2. The van der Waals surface area contributed by atoms with Crippen LogP contribution in [0.4, 0.5) is 5.69 Å². The van der Waals surface area contributed by atoms with Crippen LogP contribution in [0.3, 0.4) is 0 Å². The predicted molar refractivity (Wildman–Crippen MR) is 170 cm³/mol. The van der Waals surface area contributed by atoms with Crippen molar-refractivity contribution in [3.63, 3.8) is 0 Å². The van der Waals surface area contributed by atoms with Gasteiger partial charge in [0.2, 0.25) is 21.8 Å². The van der Waals surface area contributed by atoms with Crippen molar-refractivity contribution in [3.05, 3.63) is 113 Å². The van der Waals surface area contributed by atoms with Crippen molar-refractivity contribution < 1.29 is 18.0 Å². The average molecular weight is 606 g/mol. The summed E-state index contributed by atoms with van der Waals surface area (Å²) >= 11 is 6.51. The Morgan fingerprint density at radius 3 is 2.19 bits per heavy atom. The standard InChI is InChI=1S/C33H36ClN3O4S/c1-24(2)21-35-33(39)31(20-25-12-5-4-6-13-25)36(22-27-15-8-10-18-29(27)34)32(38)23-37(42(3,40)41)30-19-11-16-26-14-7-9-17-28(26)30/h4-19,24,31H,20-23H2,1-3H3,(H,35,39)/t31-/m1/s1. The lowest BCUT2D eigenvalue weighted by Gasteiger charge is -2.34. The molecule has 7 nitrogen and oxygen atoms in total. The number of amides is 2. The largest absolute Gasteiger partial charge is 0.354 e. The second-order valence-electron chi connectivity index (χ2n) is 10.7. The van der Waals surface area contributed by atoms with Crippen LogP contribution in [0.5, 0.6) is 0 Å². The van der Waals surface area contributed by atoms with Crippen molar-refractivity contribution in [1.82, 2.24) is 10.2 Å². The Morgan fingerprint density at radius 1 is 0.857 bits per heavy atom. The second kappa shape index (κ2) is 13.9. The first kappa shape index (κ1) is 31.1. The molecule has 4 rings (SSSR count). The van der Waals surface area contributed by atoms with E-state index in [4.69, 9.17) is 11.6 Å². The third kappa shape index (κ3) is 7.89. The number of sulfonamides is 1. The summed E-state index contributed by atoms with van der Waals surface area (Å²) in [7, 11) is -3.89. The number of hydrogen-bond acceptors (Lipinski definition) is 4. The Hall–Kier alpha value is -3.88. The van der Waals surface area contributed by atoms with Crippen LogP contribution in [0.1, 0.15) is 25.0 Å². The van der Waals surface area contributed by atoms with E-state index in [0.717, 1.165) is 21.5 Å². The molecule has 0 aromatic heterocycles. The number of anilines is 1. The lowest BCUT2D eigenvalue weighted by molar-refractivity contribution is -0.140. The summed E-state index contributed by atoms with van der Waals surface area (Å²) in [5.41, 5.74) is 1.91. The molecule has 1 atom stereocenters. The zero-order chi connectivity index (χ0) is 30.3. The van der Waals surface area contributed by atoms with E-state index in [-0.39, 0.29) is 24.8 Å². The molecule has 0 saturated heterocycles. The van der Waals surface area contributed by atoms with Gasteiger partial charge in [0.1, 0.15) is 12.6 Å². The SMILES string of the molecule is CC(C)CNC(=O)[C@@H](Cc1ccccc1)N(Cc1ccccc1Cl)C(=O)CN(c1cccc2ccccc12)S(C)(=O)=O. The Kier molecular flexibility index (Phi) is 10.2. The van der Waals surface area contributed by atoms with Gasteiger partial charge in [0.05, 0.1) is 11.9 Å². The van der Waals surface area contributed by atoms with Crippen LogP contribution < -0.4 is 9.62 Å². The summed E-state index contributed by atoms with van der Waals surface area (Å²) in [6.45, 7) is 3.96. The quantitative estimate of drug-likeness (QED) is 0.225. The van der Waals surface area contributed by atoms with Gasteiger partial charge in [-0.2, -0.15) is 0 Å². The second-order valence-corrected chi connectivity index (χ2v) is 13.0. The van der Waals surface area contributed by atoms with Crippen molar-refractivity contribution in [2.24, 2.45) is 5.92 Å². The van der Waals surface area contributed by atoms with Gasteiger partial charge in [0.25, 0.3) is 0 Å². The number of hydrogen-bond donors (Lipinski definition) is 1. The fourth-order valence-electron chi connectivity index (χ4n) is 4.81. The summed E-state index contributed by atoms with van der Waals surface area (Å²) in [5, 5.41) is 4.98. The Balaban J connectivity index is 1.78. The average Bonchev–Trinajstić information content (AvgIpc) is 2.97. The highest BCUT2D eigenvalue weighted by Gasteiger charge is 2.33. The van der Waals surface area contributed by atoms with E-state index in [9.17, 15) is 18.0 Å². The van der Waals surface area contributed by atoms with Crippen molar-refractivity contribution >= 4 is 49.9 Å². The molecule has 0 bridgehead atoms. The predicted octanol–water partition coefficient (Wildman–Crippen LogP) is 5.67. The molecule has 1 N–H and O–H groups in total. The van der Waals surface area contributed by atoms with Crippen LogP contribution in [-0.4, -0.2) is 50.5 Å². The zero-order valence-electron chi connectivity index (χ0n) is 24.0. The topological polar surface area (TPSA) is 86.8 Å². The molecule has 2 amide bonds. The minimum absolute atomic E-state index is 0.0260. The summed E-state index contributed by atoms with van der Waals surface area (Å²) in [6, 6.07) is 28.4. The third-order valence-corrected chi connectivity index (χ3v) is 8.46. The van der Waals surface area contributed by atoms with Gasteiger partial charge >= 0.3 is 0 Å². The molecule has 0 aliphatic rings. The molecule has 0 aliphatic carbocycles. The number of fused-ring (bicyclic) bond motifs is 1. The first-order chi connectivity index (χ1) is 20.0. The highest BCUT2D eigenvalue weighted by Crippen LogP contribution is 2.29. The van der Waals surface area contributed by atoms with E-state index in [0.29, 0.717) is 28.2 Å². The molecule has 0 unspecified atom stereocenters. The monoisotopic (exact) mass is 605 g/mol. The van der Waals surface area contributed by atoms with Gasteiger partial charge in [0.15, 0.2) is 0 Å². The lowest BCUT2D eigenvalue weighted by Crippen LogP contribution is -2.53. The number of carbonyl (C=O) groups excluding carboxylic acids is 2. The van der Waals surface area contributed by atoms with Gasteiger partial charge in [0, 0.05) is 29.9 Å². The molecule has 4 aromatic carbocycles. The highest BCUT2D eigenvalue weighted by atomic mass is 35.5. The van der Waals surface area contributed by atoms with E-state index >= 15 is 0 Å². The third-order valence-electron chi connectivity index (χ3n) is 6.97. The van der Waals surface area contributed by atoms with Crippen LogP contribution in [0, 0.1) is 5.92 Å². The van der Waals surface area contributed by atoms with E-state index in [1.165, 1.54) is 4.90 Å². The molecule has 0 radical (unpaired) electrons. The number of carbonyl (C=O) groups is 2. The Labute approximate surface area is 253 Å². The summed E-state index contributed by atoms with van der Waals surface area (Å²) in [5.74, 6) is -0.635. The molecule has 42 heavy (non-hydrogen) atoms. The molecular weight excluding hydrogens is 570 g/mol. The van der Waals surface area contributed by atoms with Crippen molar-refractivity contribution in [1.29, 1.82) is 0 Å². The van der Waals surface area contributed by atoms with Gasteiger partial charge in [-0.3, -0.25) is 13.9 Å². The molecule has 0 fully saturated rings. The van der Waals surface area contributed by atoms with Gasteiger partial charge in [-0.25, -0.2) is 8.42 Å². The number of nitrogens with zero attached hydrogens (tertiary/aromatic N) is 2. The number of halogens is 1. The van der Waals surface area contributed by atoms with E-state index in [1.54, 1.807) is 30.3 Å². The van der Waals surface area contributed by atoms with E-state index in [2.05, 4.69) is 5.32 Å². The van der Waals surface area contributed by atoms with Crippen molar-refractivity contribution in [2.45, 2.75) is 32.9 Å². The summed E-state index contributed by atoms with van der Waals surface area (Å²) in [4.78, 5) is 29.5. The Bertz CT molecular complexity index is 1640. The zero-order valence-corrected chi connectivity index (χ0v) is 25.6. The van der Waals surface area contributed by atoms with Crippen LogP contribution in [0.15, 0.2) is 97.1 Å². The number of nitrogens with one attached hydrogen (secondary N) is 1. The molecule has 4 aromatic rings. The minimum Gasteiger partial charge on any atom is -0.354 e. The molecule has 0 aliphatic heterocycles. The van der Waals surface area contributed by atoms with Crippen molar-refractivity contribution in [3.8, 4) is 0 Å². The van der Waals surface area contributed by atoms with E-state index in [1.807, 2.05) is 80.6 Å². The smallest absolute Gasteiger partial charge is 0.244 e. The van der Waals surface area contributed by atoms with E-state index < -0.39 is 28.5 Å². The van der Waals surface area contributed by atoms with Gasteiger partial charge < -0.3 is 10.2 Å². The maximum absolute atomic E-state index is 14.3. The van der Waals surface area contributed by atoms with Gasteiger partial charge in [-0.1, -0.05) is 110 Å². The molecule has 0 spiro atoms. The maximum Gasteiger partial charge on any atom is 0.244 e. The van der Waals surface area contributed by atoms with Crippen LogP contribution in [0.2, 0.25) is 5.02 Å². The minimum atomic E-state index is -3.89. The summed E-state index contributed by atoms with van der Waals surface area (Å²) in [6.07, 6.45) is 1.32. The van der Waals surface area contributed by atoms with Crippen LogP contribution >= 0.6 is 11.6 Å². The molecule has 9 heteroatoms. The first-order valence-electron chi connectivity index (χ1n) is 13.8. The highest BCUT2D eigenvalue weighted by molar-refractivity contribution is 7.92. The molecule has 220 valence electrons. The Morgan fingerprint density at radius 2 is 1.50 bits per heavy atom. The fraction of sp³-hybridized carbons (Fsp3) is 0.273. The molecular formula is C33H36ClN3O4S. The molecule has 0 saturated carbocycles. The maximum atomic E-state index is 14.3. The number of benzene rings is 4. The van der Waals surface area contributed by atoms with Crippen LogP contribution in [-0.2, 0) is 32.6 Å². The summed E-state index contributed by atoms with van der Waals surface area (Å²) < 4.78 is 27.5. The molecule has 0 heterocycles. The van der Waals surface area contributed by atoms with Crippen LogP contribution in [0.25, 0.3) is 10.8 Å². The fourth-order valence-corrected chi connectivity index (χ4v) is 5.86. The lowest BCUT2D eigenvalue weighted by atomic mass is 10.0.